The van der Waals surface area contributed by atoms with Crippen molar-refractivity contribution in [3.05, 3.63) is 42.1 Å². The number of primary amides is 1. The lowest BCUT2D eigenvalue weighted by Gasteiger charge is -2.10. The standard InChI is InChI=1S/C13H15N3O2/c14-13(18)12(17)8-15-7-9-5-6-16-11-4-2-1-3-10(9)11/h1-6,12,15,17H,7-8H2,(H2,14,18). The Labute approximate surface area is 105 Å². The molecule has 94 valence electrons. The van der Waals surface area contributed by atoms with Gasteiger partial charge in [0.15, 0.2) is 0 Å². The fourth-order valence-corrected chi connectivity index (χ4v) is 1.75. The summed E-state index contributed by atoms with van der Waals surface area (Å²) in [6, 6.07) is 9.72. The zero-order valence-corrected chi connectivity index (χ0v) is 9.84. The molecule has 0 bridgehead atoms. The third-order valence-corrected chi connectivity index (χ3v) is 2.72. The summed E-state index contributed by atoms with van der Waals surface area (Å²) in [4.78, 5) is 14.9. The Morgan fingerprint density at radius 3 is 2.94 bits per heavy atom. The lowest BCUT2D eigenvalue weighted by molar-refractivity contribution is -0.125. The summed E-state index contributed by atoms with van der Waals surface area (Å²) in [5.41, 5.74) is 6.96. The summed E-state index contributed by atoms with van der Waals surface area (Å²) in [7, 11) is 0. The number of rotatable bonds is 5. The van der Waals surface area contributed by atoms with Gasteiger partial charge in [0.1, 0.15) is 6.10 Å². The highest BCUT2D eigenvalue weighted by molar-refractivity contribution is 5.81. The number of nitrogens with one attached hydrogen (secondary N) is 1. The number of carbonyl (C=O) groups excluding carboxylic acids is 1. The van der Waals surface area contributed by atoms with Crippen LogP contribution in [0, 0.1) is 0 Å². The van der Waals surface area contributed by atoms with Gasteiger partial charge in [-0.05, 0) is 17.7 Å². The van der Waals surface area contributed by atoms with Gasteiger partial charge < -0.3 is 16.2 Å². The summed E-state index contributed by atoms with van der Waals surface area (Å²) < 4.78 is 0. The zero-order valence-electron chi connectivity index (χ0n) is 9.84. The van der Waals surface area contributed by atoms with E-state index in [0.29, 0.717) is 6.54 Å². The highest BCUT2D eigenvalue weighted by atomic mass is 16.3. The molecule has 1 unspecified atom stereocenters. The quantitative estimate of drug-likeness (QED) is 0.700. The number of nitrogens with zero attached hydrogens (tertiary/aromatic N) is 1. The molecule has 2 aromatic rings. The fraction of sp³-hybridized carbons (Fsp3) is 0.231. The maximum absolute atomic E-state index is 10.7. The third-order valence-electron chi connectivity index (χ3n) is 2.72. The number of aliphatic hydroxyl groups excluding tert-OH is 1. The number of nitrogens with two attached hydrogens (primary N) is 1. The summed E-state index contributed by atoms with van der Waals surface area (Å²) in [5.74, 6) is -0.720. The van der Waals surface area contributed by atoms with E-state index in [-0.39, 0.29) is 6.54 Å². The number of aliphatic hydroxyl groups is 1. The van der Waals surface area contributed by atoms with Crippen LogP contribution in [0.3, 0.4) is 0 Å². The van der Waals surface area contributed by atoms with Crippen LogP contribution in [0.25, 0.3) is 10.9 Å². The highest BCUT2D eigenvalue weighted by Gasteiger charge is 2.09. The lowest BCUT2D eigenvalue weighted by Crippen LogP contribution is -2.37. The molecule has 1 amide bonds. The second kappa shape index (κ2) is 5.57. The van der Waals surface area contributed by atoms with Gasteiger partial charge in [0.2, 0.25) is 5.91 Å². The van der Waals surface area contributed by atoms with Crippen LogP contribution in [0.4, 0.5) is 0 Å². The molecule has 4 N–H and O–H groups in total. The monoisotopic (exact) mass is 245 g/mol. The molecule has 5 nitrogen and oxygen atoms in total. The van der Waals surface area contributed by atoms with Crippen LogP contribution >= 0.6 is 0 Å². The maximum atomic E-state index is 10.7. The minimum absolute atomic E-state index is 0.145. The van der Waals surface area contributed by atoms with Crippen molar-refractivity contribution in [3.8, 4) is 0 Å². The molecule has 5 heteroatoms. The number of fused-ring (bicyclic) bond motifs is 1. The van der Waals surface area contributed by atoms with Crippen LogP contribution in [-0.2, 0) is 11.3 Å². The van der Waals surface area contributed by atoms with Crippen molar-refractivity contribution in [2.24, 2.45) is 5.73 Å². The number of hydrogen-bond donors (Lipinski definition) is 3. The lowest BCUT2D eigenvalue weighted by atomic mass is 10.1. The van der Waals surface area contributed by atoms with Crippen molar-refractivity contribution in [1.29, 1.82) is 0 Å². The smallest absolute Gasteiger partial charge is 0.247 e. The van der Waals surface area contributed by atoms with Crippen molar-refractivity contribution in [2.75, 3.05) is 6.54 Å². The normalized spacial score (nSPS) is 12.5. The van der Waals surface area contributed by atoms with Gasteiger partial charge in [0, 0.05) is 24.7 Å². The van der Waals surface area contributed by atoms with Gasteiger partial charge in [-0.1, -0.05) is 18.2 Å². The molecule has 0 spiro atoms. The van der Waals surface area contributed by atoms with Gasteiger partial charge in [-0.3, -0.25) is 9.78 Å². The van der Waals surface area contributed by atoms with E-state index < -0.39 is 12.0 Å². The Bertz CT molecular complexity index is 551. The first kappa shape index (κ1) is 12.5. The van der Waals surface area contributed by atoms with Crippen molar-refractivity contribution >= 4 is 16.8 Å². The van der Waals surface area contributed by atoms with E-state index >= 15 is 0 Å². The molecule has 0 aliphatic carbocycles. The minimum Gasteiger partial charge on any atom is -0.382 e. The SMILES string of the molecule is NC(=O)C(O)CNCc1ccnc2ccccc12. The van der Waals surface area contributed by atoms with E-state index in [1.165, 1.54) is 0 Å². The summed E-state index contributed by atoms with van der Waals surface area (Å²) in [6.07, 6.45) is 0.585. The van der Waals surface area contributed by atoms with Gasteiger partial charge in [0.05, 0.1) is 5.52 Å². The molecule has 0 aliphatic heterocycles. The van der Waals surface area contributed by atoms with Gasteiger partial charge in [-0.2, -0.15) is 0 Å². The second-order valence-electron chi connectivity index (χ2n) is 4.04. The molecule has 0 radical (unpaired) electrons. The maximum Gasteiger partial charge on any atom is 0.247 e. The molecule has 18 heavy (non-hydrogen) atoms. The molecule has 2 rings (SSSR count). The Morgan fingerprint density at radius 2 is 2.17 bits per heavy atom. The Kier molecular flexibility index (Phi) is 3.86. The van der Waals surface area contributed by atoms with Crippen LogP contribution < -0.4 is 11.1 Å². The van der Waals surface area contributed by atoms with Gasteiger partial charge in [-0.15, -0.1) is 0 Å². The van der Waals surface area contributed by atoms with Crippen molar-refractivity contribution < 1.29 is 9.90 Å². The molecule has 1 atom stereocenters. The predicted octanol–water partition coefficient (Wildman–Crippen LogP) is 0.171. The number of carbonyl (C=O) groups is 1. The number of aromatic nitrogens is 1. The molecular weight excluding hydrogens is 230 g/mol. The average molecular weight is 245 g/mol. The second-order valence-corrected chi connectivity index (χ2v) is 4.04. The van der Waals surface area contributed by atoms with E-state index in [1.54, 1.807) is 6.20 Å². The largest absolute Gasteiger partial charge is 0.382 e. The number of benzene rings is 1. The molecular formula is C13H15N3O2. The molecule has 0 fully saturated rings. The van der Waals surface area contributed by atoms with E-state index in [0.717, 1.165) is 16.5 Å². The first-order chi connectivity index (χ1) is 8.68. The summed E-state index contributed by atoms with van der Waals surface area (Å²) >= 11 is 0. The van der Waals surface area contributed by atoms with Gasteiger partial charge in [-0.25, -0.2) is 0 Å². The van der Waals surface area contributed by atoms with Crippen LogP contribution in [0.2, 0.25) is 0 Å². The third kappa shape index (κ3) is 2.82. The number of pyridine rings is 1. The minimum atomic E-state index is -1.15. The Balaban J connectivity index is 2.06. The van der Waals surface area contributed by atoms with Crippen LogP contribution in [0.15, 0.2) is 36.5 Å². The molecule has 0 saturated carbocycles. The number of para-hydroxylation sites is 1. The van der Waals surface area contributed by atoms with Crippen molar-refractivity contribution in [1.82, 2.24) is 10.3 Å². The molecule has 0 aliphatic rings. The predicted molar refractivity (Wildman–Crippen MR) is 68.7 cm³/mol. The van der Waals surface area contributed by atoms with Crippen LogP contribution in [0.1, 0.15) is 5.56 Å². The summed E-state index contributed by atoms with van der Waals surface area (Å²) in [5, 5.41) is 13.3. The topological polar surface area (TPSA) is 88.2 Å². The van der Waals surface area contributed by atoms with Crippen molar-refractivity contribution in [2.45, 2.75) is 12.6 Å². The van der Waals surface area contributed by atoms with E-state index in [9.17, 15) is 9.90 Å². The Hall–Kier alpha value is -1.98. The van der Waals surface area contributed by atoms with E-state index in [2.05, 4.69) is 10.3 Å². The zero-order chi connectivity index (χ0) is 13.0. The highest BCUT2D eigenvalue weighted by Crippen LogP contribution is 2.15. The van der Waals surface area contributed by atoms with Gasteiger partial charge >= 0.3 is 0 Å². The molecule has 1 heterocycles. The Morgan fingerprint density at radius 1 is 1.39 bits per heavy atom. The summed E-state index contributed by atoms with van der Waals surface area (Å²) in [6.45, 7) is 0.694. The first-order valence-electron chi connectivity index (χ1n) is 5.69. The molecule has 0 saturated heterocycles. The molecule has 1 aromatic heterocycles. The average Bonchev–Trinajstić information content (AvgIpc) is 2.38. The van der Waals surface area contributed by atoms with Crippen LogP contribution in [-0.4, -0.2) is 28.6 Å². The van der Waals surface area contributed by atoms with Crippen LogP contribution in [0.5, 0.6) is 0 Å². The number of amides is 1. The fourth-order valence-electron chi connectivity index (χ4n) is 1.75. The van der Waals surface area contributed by atoms with E-state index in [4.69, 9.17) is 5.73 Å². The van der Waals surface area contributed by atoms with E-state index in [1.807, 2.05) is 30.3 Å². The van der Waals surface area contributed by atoms with Crippen molar-refractivity contribution in [3.63, 3.8) is 0 Å². The van der Waals surface area contributed by atoms with Gasteiger partial charge in [0.25, 0.3) is 0 Å². The molecule has 1 aromatic carbocycles. The first-order valence-corrected chi connectivity index (χ1v) is 5.69. The number of hydrogen-bond acceptors (Lipinski definition) is 4.